The van der Waals surface area contributed by atoms with Gasteiger partial charge in [0.1, 0.15) is 5.15 Å². The largest absolute Gasteiger partial charge is 0.380 e. The molecule has 0 spiro atoms. The third-order valence-electron chi connectivity index (χ3n) is 2.50. The lowest BCUT2D eigenvalue weighted by Crippen LogP contribution is -2.06. The molecule has 2 N–H and O–H groups in total. The number of nitrogens with one attached hydrogen (secondary N) is 2. The Hall–Kier alpha value is -2.07. The summed E-state index contributed by atoms with van der Waals surface area (Å²) in [5, 5.41) is 6.44. The quantitative estimate of drug-likeness (QED) is 0.842. The van der Waals surface area contributed by atoms with Crippen LogP contribution in [-0.2, 0) is 11.3 Å². The number of rotatable bonds is 4. The topological polar surface area (TPSA) is 54.0 Å². The number of pyridine rings is 1. The second-order valence-corrected chi connectivity index (χ2v) is 4.49. The maximum atomic E-state index is 10.9. The van der Waals surface area contributed by atoms with Crippen molar-refractivity contribution in [2.45, 2.75) is 13.5 Å². The van der Waals surface area contributed by atoms with Gasteiger partial charge in [0.25, 0.3) is 0 Å². The van der Waals surface area contributed by atoms with Crippen LogP contribution in [0.25, 0.3) is 0 Å². The Kier molecular flexibility index (Phi) is 4.36. The van der Waals surface area contributed by atoms with Crippen molar-refractivity contribution in [1.29, 1.82) is 0 Å². The van der Waals surface area contributed by atoms with Gasteiger partial charge in [0.15, 0.2) is 0 Å². The van der Waals surface area contributed by atoms with Crippen LogP contribution in [0.1, 0.15) is 12.5 Å². The first-order valence-corrected chi connectivity index (χ1v) is 6.23. The van der Waals surface area contributed by atoms with E-state index in [1.807, 2.05) is 30.3 Å². The summed E-state index contributed by atoms with van der Waals surface area (Å²) in [7, 11) is 0. The van der Waals surface area contributed by atoms with Gasteiger partial charge in [-0.05, 0) is 29.8 Å². The van der Waals surface area contributed by atoms with E-state index in [-0.39, 0.29) is 5.91 Å². The van der Waals surface area contributed by atoms with Gasteiger partial charge in [-0.25, -0.2) is 4.98 Å². The molecule has 0 radical (unpaired) electrons. The Morgan fingerprint density at radius 2 is 1.84 bits per heavy atom. The fourth-order valence-corrected chi connectivity index (χ4v) is 1.71. The van der Waals surface area contributed by atoms with Crippen LogP contribution in [-0.4, -0.2) is 10.9 Å². The summed E-state index contributed by atoms with van der Waals surface area (Å²) in [6, 6.07) is 11.3. The molecule has 0 aliphatic heterocycles. The van der Waals surface area contributed by atoms with E-state index in [9.17, 15) is 4.79 Å². The molecule has 4 nitrogen and oxygen atoms in total. The van der Waals surface area contributed by atoms with E-state index in [2.05, 4.69) is 15.6 Å². The van der Waals surface area contributed by atoms with E-state index in [1.54, 1.807) is 12.3 Å². The maximum Gasteiger partial charge on any atom is 0.221 e. The van der Waals surface area contributed by atoms with Gasteiger partial charge in [-0.1, -0.05) is 23.7 Å². The van der Waals surface area contributed by atoms with Gasteiger partial charge in [0.2, 0.25) is 5.91 Å². The predicted octanol–water partition coefficient (Wildman–Crippen LogP) is 3.31. The van der Waals surface area contributed by atoms with Crippen molar-refractivity contribution in [3.8, 4) is 0 Å². The SMILES string of the molecule is CC(=O)Nc1ccc(CNc2ccc(Cl)nc2)cc1. The molecular weight excluding hydrogens is 262 g/mol. The molecule has 19 heavy (non-hydrogen) atoms. The number of nitrogens with zero attached hydrogens (tertiary/aromatic N) is 1. The minimum atomic E-state index is -0.0712. The van der Waals surface area contributed by atoms with Crippen molar-refractivity contribution in [2.24, 2.45) is 0 Å². The van der Waals surface area contributed by atoms with Crippen molar-refractivity contribution in [1.82, 2.24) is 4.98 Å². The molecule has 5 heteroatoms. The molecule has 0 saturated carbocycles. The number of hydrogen-bond donors (Lipinski definition) is 2. The van der Waals surface area contributed by atoms with Crippen LogP contribution in [0, 0.1) is 0 Å². The zero-order valence-electron chi connectivity index (χ0n) is 10.5. The smallest absolute Gasteiger partial charge is 0.221 e. The number of aromatic nitrogens is 1. The first-order chi connectivity index (χ1) is 9.13. The van der Waals surface area contributed by atoms with Crippen LogP contribution in [0.3, 0.4) is 0 Å². The summed E-state index contributed by atoms with van der Waals surface area (Å²) in [6.45, 7) is 2.17. The highest BCUT2D eigenvalue weighted by Gasteiger charge is 1.97. The third kappa shape index (κ3) is 4.26. The minimum absolute atomic E-state index is 0.0712. The summed E-state index contributed by atoms with van der Waals surface area (Å²) in [4.78, 5) is 14.9. The zero-order valence-corrected chi connectivity index (χ0v) is 11.2. The molecule has 0 atom stereocenters. The molecular formula is C14H14ClN3O. The molecule has 1 amide bonds. The summed E-state index contributed by atoms with van der Waals surface area (Å²) in [5.74, 6) is -0.0712. The predicted molar refractivity (Wildman–Crippen MR) is 77.3 cm³/mol. The molecule has 98 valence electrons. The minimum Gasteiger partial charge on any atom is -0.380 e. The molecule has 1 aromatic heterocycles. The first-order valence-electron chi connectivity index (χ1n) is 5.85. The monoisotopic (exact) mass is 275 g/mol. The van der Waals surface area contributed by atoms with Crippen molar-refractivity contribution >= 4 is 28.9 Å². The molecule has 0 fully saturated rings. The highest BCUT2D eigenvalue weighted by atomic mass is 35.5. The fourth-order valence-electron chi connectivity index (χ4n) is 1.59. The fraction of sp³-hybridized carbons (Fsp3) is 0.143. The number of carbonyl (C=O) groups is 1. The molecule has 2 rings (SSSR count). The highest BCUT2D eigenvalue weighted by molar-refractivity contribution is 6.29. The normalized spacial score (nSPS) is 10.0. The van der Waals surface area contributed by atoms with Crippen LogP contribution >= 0.6 is 11.6 Å². The molecule has 2 aromatic rings. The number of anilines is 2. The van der Waals surface area contributed by atoms with Gasteiger partial charge < -0.3 is 10.6 Å². The van der Waals surface area contributed by atoms with E-state index in [1.165, 1.54) is 6.92 Å². The average Bonchev–Trinajstić information content (AvgIpc) is 2.39. The number of halogens is 1. The van der Waals surface area contributed by atoms with E-state index < -0.39 is 0 Å². The Labute approximate surface area is 116 Å². The Bertz CT molecular complexity index is 552. The Morgan fingerprint density at radius 3 is 2.42 bits per heavy atom. The highest BCUT2D eigenvalue weighted by Crippen LogP contribution is 2.13. The van der Waals surface area contributed by atoms with E-state index >= 15 is 0 Å². The van der Waals surface area contributed by atoms with E-state index in [4.69, 9.17) is 11.6 Å². The molecule has 0 bridgehead atoms. The molecule has 1 heterocycles. The number of carbonyl (C=O) groups excluding carboxylic acids is 1. The Balaban J connectivity index is 1.92. The van der Waals surface area contributed by atoms with E-state index in [0.717, 1.165) is 16.9 Å². The summed E-state index contributed by atoms with van der Waals surface area (Å²) >= 11 is 5.71. The lowest BCUT2D eigenvalue weighted by molar-refractivity contribution is -0.114. The van der Waals surface area contributed by atoms with Crippen LogP contribution < -0.4 is 10.6 Å². The average molecular weight is 276 g/mol. The molecule has 0 saturated heterocycles. The number of hydrogen-bond acceptors (Lipinski definition) is 3. The maximum absolute atomic E-state index is 10.9. The molecule has 1 aromatic carbocycles. The number of amides is 1. The van der Waals surface area contributed by atoms with Gasteiger partial charge in [0, 0.05) is 19.2 Å². The lowest BCUT2D eigenvalue weighted by atomic mass is 10.2. The van der Waals surface area contributed by atoms with Crippen molar-refractivity contribution in [3.05, 3.63) is 53.3 Å². The van der Waals surface area contributed by atoms with Gasteiger partial charge >= 0.3 is 0 Å². The lowest BCUT2D eigenvalue weighted by Gasteiger charge is -2.07. The van der Waals surface area contributed by atoms with Crippen LogP contribution in [0.2, 0.25) is 5.15 Å². The van der Waals surface area contributed by atoms with Crippen LogP contribution in [0.5, 0.6) is 0 Å². The second kappa shape index (κ2) is 6.20. The first kappa shape index (κ1) is 13.4. The van der Waals surface area contributed by atoms with Crippen molar-refractivity contribution < 1.29 is 4.79 Å². The zero-order chi connectivity index (χ0) is 13.7. The Morgan fingerprint density at radius 1 is 1.16 bits per heavy atom. The van der Waals surface area contributed by atoms with Crippen molar-refractivity contribution in [3.63, 3.8) is 0 Å². The van der Waals surface area contributed by atoms with Gasteiger partial charge in [-0.15, -0.1) is 0 Å². The van der Waals surface area contributed by atoms with Gasteiger partial charge in [-0.3, -0.25) is 4.79 Å². The summed E-state index contributed by atoms with van der Waals surface area (Å²) in [6.07, 6.45) is 1.69. The standard InChI is InChI=1S/C14H14ClN3O/c1-10(19)18-12-4-2-11(3-5-12)8-16-13-6-7-14(15)17-9-13/h2-7,9,16H,8H2,1H3,(H,18,19). The van der Waals surface area contributed by atoms with Crippen LogP contribution in [0.4, 0.5) is 11.4 Å². The summed E-state index contributed by atoms with van der Waals surface area (Å²) < 4.78 is 0. The second-order valence-electron chi connectivity index (χ2n) is 4.10. The van der Waals surface area contributed by atoms with Crippen molar-refractivity contribution in [2.75, 3.05) is 10.6 Å². The van der Waals surface area contributed by atoms with Crippen LogP contribution in [0.15, 0.2) is 42.6 Å². The molecule has 0 unspecified atom stereocenters. The summed E-state index contributed by atoms with van der Waals surface area (Å²) in [5.41, 5.74) is 2.82. The van der Waals surface area contributed by atoms with Gasteiger partial charge in [0.05, 0.1) is 11.9 Å². The van der Waals surface area contributed by atoms with Gasteiger partial charge in [-0.2, -0.15) is 0 Å². The van der Waals surface area contributed by atoms with E-state index in [0.29, 0.717) is 11.7 Å². The third-order valence-corrected chi connectivity index (χ3v) is 2.72. The molecule has 0 aliphatic carbocycles. The number of benzene rings is 1. The molecule has 0 aliphatic rings.